The van der Waals surface area contributed by atoms with Gasteiger partial charge >= 0.3 is 11.9 Å². The van der Waals surface area contributed by atoms with Crippen LogP contribution in [0.4, 0.5) is 0 Å². The van der Waals surface area contributed by atoms with E-state index in [1.165, 1.54) is 6.92 Å². The lowest BCUT2D eigenvalue weighted by molar-refractivity contribution is -0.397. The zero-order chi connectivity index (χ0) is 17.6. The highest BCUT2D eigenvalue weighted by Crippen LogP contribution is 2.41. The molecule has 11 heteroatoms. The van der Waals surface area contributed by atoms with E-state index in [2.05, 4.69) is 4.74 Å². The van der Waals surface area contributed by atoms with Crippen molar-refractivity contribution in [2.45, 2.75) is 48.8 Å². The first-order valence-corrected chi connectivity index (χ1v) is 6.74. The average Bonchev–Trinajstić information content (AvgIpc) is 2.52. The molecule has 7 atom stereocenters. The number of carbonyl (C=O) groups is 2. The second-order valence-electron chi connectivity index (χ2n) is 5.43. The Labute approximate surface area is 129 Å². The lowest BCUT2D eigenvalue weighted by Gasteiger charge is -2.52. The van der Waals surface area contributed by atoms with Crippen LogP contribution in [-0.2, 0) is 23.8 Å². The molecule has 0 bridgehead atoms. The molecule has 23 heavy (non-hydrogen) atoms. The van der Waals surface area contributed by atoms with Crippen molar-refractivity contribution < 1.29 is 54.4 Å². The predicted octanol–water partition coefficient (Wildman–Crippen LogP) is -4.63. The predicted molar refractivity (Wildman–Crippen MR) is 66.4 cm³/mol. The van der Waals surface area contributed by atoms with Gasteiger partial charge in [0.15, 0.2) is 0 Å². The molecule has 0 aromatic heterocycles. The molecule has 2 aliphatic heterocycles. The van der Waals surface area contributed by atoms with E-state index in [0.29, 0.717) is 0 Å². The van der Waals surface area contributed by atoms with Gasteiger partial charge in [0.05, 0.1) is 19.3 Å². The Morgan fingerprint density at radius 3 is 2.26 bits per heavy atom. The van der Waals surface area contributed by atoms with Gasteiger partial charge in [-0.25, -0.2) is 9.59 Å². The van der Waals surface area contributed by atoms with Crippen LogP contribution in [0, 0.1) is 0 Å². The SMILES string of the molecule is C[C@H]1O[C@](O)(C2(CO)OC(=O)C(CO)OC2=O)[C@H](O)[C@@H](O)[C@@H]1O. The summed E-state index contributed by atoms with van der Waals surface area (Å²) < 4.78 is 14.3. The third-order valence-corrected chi connectivity index (χ3v) is 4.00. The fraction of sp³-hybridized carbons (Fsp3) is 0.833. The molecule has 2 fully saturated rings. The molecule has 2 aliphatic rings. The Balaban J connectivity index is 2.46. The number of carbonyl (C=O) groups excluding carboxylic acids is 2. The summed E-state index contributed by atoms with van der Waals surface area (Å²) in [5.41, 5.74) is -2.90. The molecule has 0 aromatic rings. The Morgan fingerprint density at radius 1 is 1.13 bits per heavy atom. The topological polar surface area (TPSA) is 183 Å². The van der Waals surface area contributed by atoms with Crippen LogP contribution < -0.4 is 0 Å². The minimum absolute atomic E-state index is 0.897. The Hall–Kier alpha value is -1.34. The molecule has 0 radical (unpaired) electrons. The molecule has 0 saturated carbocycles. The first-order valence-electron chi connectivity index (χ1n) is 6.74. The molecule has 2 unspecified atom stereocenters. The van der Waals surface area contributed by atoms with Crippen molar-refractivity contribution >= 4 is 11.9 Å². The Morgan fingerprint density at radius 2 is 1.74 bits per heavy atom. The average molecular weight is 338 g/mol. The summed E-state index contributed by atoms with van der Waals surface area (Å²) in [7, 11) is 0. The standard InChI is InChI=1S/C12H18O11/c1-4-6(15)7(16)8(17)12(20,22-4)11(3-14)10(19)21-5(2-13)9(18)23-11/h4-8,13-17,20H,2-3H2,1H3/t4-,5?,6-,7+,8-,11?,12+/m1/s1. The second-order valence-corrected chi connectivity index (χ2v) is 5.43. The zero-order valence-corrected chi connectivity index (χ0v) is 12.0. The number of cyclic esters (lactones) is 2. The van der Waals surface area contributed by atoms with Crippen molar-refractivity contribution in [3.05, 3.63) is 0 Å². The smallest absolute Gasteiger partial charge is 0.359 e. The number of hydrogen-bond donors (Lipinski definition) is 6. The molecule has 6 N–H and O–H groups in total. The molecule has 2 saturated heterocycles. The van der Waals surface area contributed by atoms with Crippen molar-refractivity contribution in [3.8, 4) is 0 Å². The summed E-state index contributed by atoms with van der Waals surface area (Å²) in [4.78, 5) is 23.9. The van der Waals surface area contributed by atoms with E-state index in [0.717, 1.165) is 0 Å². The molecule has 132 valence electrons. The van der Waals surface area contributed by atoms with Crippen molar-refractivity contribution in [3.63, 3.8) is 0 Å². The van der Waals surface area contributed by atoms with Gasteiger partial charge in [-0.3, -0.25) is 0 Å². The fourth-order valence-corrected chi connectivity index (χ4v) is 2.55. The third-order valence-electron chi connectivity index (χ3n) is 4.00. The Bertz CT molecular complexity index is 495. The van der Waals surface area contributed by atoms with Gasteiger partial charge < -0.3 is 44.8 Å². The quantitative estimate of drug-likeness (QED) is 0.272. The van der Waals surface area contributed by atoms with E-state index in [4.69, 9.17) is 14.6 Å². The van der Waals surface area contributed by atoms with Crippen LogP contribution in [0.5, 0.6) is 0 Å². The number of ether oxygens (including phenoxy) is 3. The van der Waals surface area contributed by atoms with Crippen LogP contribution >= 0.6 is 0 Å². The van der Waals surface area contributed by atoms with E-state index < -0.39 is 67.1 Å². The van der Waals surface area contributed by atoms with Gasteiger partial charge in [0, 0.05) is 0 Å². The van der Waals surface area contributed by atoms with Crippen LogP contribution in [0.15, 0.2) is 0 Å². The minimum Gasteiger partial charge on any atom is -0.445 e. The molecular formula is C12H18O11. The van der Waals surface area contributed by atoms with Gasteiger partial charge in [0.25, 0.3) is 5.60 Å². The van der Waals surface area contributed by atoms with Crippen molar-refractivity contribution in [1.82, 2.24) is 0 Å². The summed E-state index contributed by atoms with van der Waals surface area (Å²) in [6, 6.07) is 0. The number of aliphatic hydroxyl groups is 6. The van der Waals surface area contributed by atoms with Gasteiger partial charge in [0.1, 0.15) is 18.3 Å². The Kier molecular flexibility index (Phi) is 4.65. The van der Waals surface area contributed by atoms with Gasteiger partial charge in [-0.05, 0) is 6.92 Å². The highest BCUT2D eigenvalue weighted by atomic mass is 16.7. The summed E-state index contributed by atoms with van der Waals surface area (Å²) in [6.45, 7) is -1.03. The van der Waals surface area contributed by atoms with Gasteiger partial charge in [-0.1, -0.05) is 0 Å². The number of esters is 2. The van der Waals surface area contributed by atoms with Crippen LogP contribution in [0.3, 0.4) is 0 Å². The van der Waals surface area contributed by atoms with Crippen LogP contribution in [-0.4, -0.2) is 97.7 Å². The highest BCUT2D eigenvalue weighted by Gasteiger charge is 2.71. The molecule has 0 aliphatic carbocycles. The van der Waals surface area contributed by atoms with E-state index in [-0.39, 0.29) is 0 Å². The molecule has 0 amide bonds. The van der Waals surface area contributed by atoms with E-state index in [1.54, 1.807) is 0 Å². The maximum atomic E-state index is 12.1. The molecule has 0 aromatic carbocycles. The molecule has 11 nitrogen and oxygen atoms in total. The first-order chi connectivity index (χ1) is 10.6. The van der Waals surface area contributed by atoms with Crippen LogP contribution in [0.2, 0.25) is 0 Å². The number of aliphatic hydroxyl groups excluding tert-OH is 5. The molecule has 0 spiro atoms. The van der Waals surface area contributed by atoms with Crippen LogP contribution in [0.1, 0.15) is 6.92 Å². The van der Waals surface area contributed by atoms with E-state index >= 15 is 0 Å². The van der Waals surface area contributed by atoms with E-state index in [9.17, 15) is 35.1 Å². The number of rotatable bonds is 3. The normalized spacial score (nSPS) is 47.9. The minimum atomic E-state index is -3.09. The fourth-order valence-electron chi connectivity index (χ4n) is 2.55. The first kappa shape index (κ1) is 18.0. The monoisotopic (exact) mass is 338 g/mol. The largest absolute Gasteiger partial charge is 0.445 e. The van der Waals surface area contributed by atoms with E-state index in [1.807, 2.05) is 0 Å². The molecular weight excluding hydrogens is 320 g/mol. The maximum Gasteiger partial charge on any atom is 0.359 e. The second kappa shape index (κ2) is 5.94. The number of hydrogen-bond acceptors (Lipinski definition) is 11. The van der Waals surface area contributed by atoms with Gasteiger partial charge in [0.2, 0.25) is 11.9 Å². The lowest BCUT2D eigenvalue weighted by Crippen LogP contribution is -2.78. The lowest BCUT2D eigenvalue weighted by atomic mass is 9.81. The summed E-state index contributed by atoms with van der Waals surface area (Å²) >= 11 is 0. The molecule has 2 rings (SSSR count). The summed E-state index contributed by atoms with van der Waals surface area (Å²) in [5.74, 6) is -5.87. The summed E-state index contributed by atoms with van der Waals surface area (Å²) in [6.07, 6.45) is -8.84. The molecule has 2 heterocycles. The highest BCUT2D eigenvalue weighted by molar-refractivity contribution is 5.91. The maximum absolute atomic E-state index is 12.1. The third kappa shape index (κ3) is 2.41. The van der Waals surface area contributed by atoms with Crippen molar-refractivity contribution in [2.75, 3.05) is 13.2 Å². The van der Waals surface area contributed by atoms with Crippen molar-refractivity contribution in [2.24, 2.45) is 0 Å². The van der Waals surface area contributed by atoms with Crippen LogP contribution in [0.25, 0.3) is 0 Å². The zero-order valence-electron chi connectivity index (χ0n) is 12.0. The van der Waals surface area contributed by atoms with Gasteiger partial charge in [-0.15, -0.1) is 0 Å². The summed E-state index contributed by atoms with van der Waals surface area (Å²) in [5, 5.41) is 58.5. The van der Waals surface area contributed by atoms with Crippen molar-refractivity contribution in [1.29, 1.82) is 0 Å². The van der Waals surface area contributed by atoms with Gasteiger partial charge in [-0.2, -0.15) is 0 Å².